The second kappa shape index (κ2) is 8.23. The Bertz CT molecular complexity index is 1170. The Hall–Kier alpha value is -3.53. The molecule has 0 saturated carbocycles. The number of hydrogen-bond donors (Lipinski definition) is 0. The molecule has 0 atom stereocenters. The molecule has 0 spiro atoms. The van der Waals surface area contributed by atoms with E-state index in [1.165, 1.54) is 0 Å². The number of esters is 1. The third kappa shape index (κ3) is 3.74. The Labute approximate surface area is 169 Å². The number of hydrogen-bond acceptors (Lipinski definition) is 4. The Morgan fingerprint density at radius 3 is 1.93 bits per heavy atom. The quantitative estimate of drug-likeness (QED) is 0.333. The molecule has 4 aromatic carbocycles. The van der Waals surface area contributed by atoms with Crippen molar-refractivity contribution in [2.45, 2.75) is 13.0 Å². The zero-order chi connectivity index (χ0) is 20.2. The van der Waals surface area contributed by atoms with Crippen molar-refractivity contribution in [2.24, 2.45) is 0 Å². The predicted molar refractivity (Wildman–Crippen MR) is 115 cm³/mol. The van der Waals surface area contributed by atoms with E-state index in [0.717, 1.165) is 44.2 Å². The van der Waals surface area contributed by atoms with E-state index in [0.29, 0.717) is 0 Å². The van der Waals surface area contributed by atoms with E-state index in [1.807, 2.05) is 72.8 Å². The minimum atomic E-state index is -0.251. The maximum absolute atomic E-state index is 12.2. The minimum Gasteiger partial charge on any atom is -0.495 e. The highest BCUT2D eigenvalue weighted by molar-refractivity contribution is 6.11. The highest BCUT2D eigenvalue weighted by Gasteiger charge is 2.15. The maximum Gasteiger partial charge on any atom is 0.310 e. The smallest absolute Gasteiger partial charge is 0.310 e. The first-order chi connectivity index (χ1) is 14.2. The van der Waals surface area contributed by atoms with Crippen molar-refractivity contribution in [2.75, 3.05) is 14.2 Å². The number of benzene rings is 4. The summed E-state index contributed by atoms with van der Waals surface area (Å²) < 4.78 is 16.9. The average Bonchev–Trinajstić information content (AvgIpc) is 2.76. The van der Waals surface area contributed by atoms with E-state index in [-0.39, 0.29) is 19.0 Å². The van der Waals surface area contributed by atoms with Crippen LogP contribution in [-0.2, 0) is 22.6 Å². The zero-order valence-corrected chi connectivity index (χ0v) is 16.5. The molecule has 4 nitrogen and oxygen atoms in total. The van der Waals surface area contributed by atoms with Crippen molar-refractivity contribution in [3.8, 4) is 11.5 Å². The third-order valence-corrected chi connectivity index (χ3v) is 4.99. The van der Waals surface area contributed by atoms with E-state index < -0.39 is 0 Å². The summed E-state index contributed by atoms with van der Waals surface area (Å²) in [5.41, 5.74) is 1.84. The third-order valence-electron chi connectivity index (χ3n) is 4.99. The fourth-order valence-electron chi connectivity index (χ4n) is 3.65. The number of fused-ring (bicyclic) bond motifs is 2. The van der Waals surface area contributed by atoms with Crippen LogP contribution in [0.2, 0.25) is 0 Å². The van der Waals surface area contributed by atoms with Crippen LogP contribution in [0.25, 0.3) is 21.5 Å². The molecule has 0 aromatic heterocycles. The molecule has 4 rings (SSSR count). The topological polar surface area (TPSA) is 44.8 Å². The van der Waals surface area contributed by atoms with Gasteiger partial charge in [-0.15, -0.1) is 0 Å². The van der Waals surface area contributed by atoms with Crippen LogP contribution in [0.5, 0.6) is 11.5 Å². The molecule has 0 aliphatic rings. The van der Waals surface area contributed by atoms with Gasteiger partial charge in [0.1, 0.15) is 18.1 Å². The van der Waals surface area contributed by atoms with E-state index in [2.05, 4.69) is 0 Å². The molecule has 4 heteroatoms. The van der Waals surface area contributed by atoms with Crippen LogP contribution in [0.1, 0.15) is 11.1 Å². The van der Waals surface area contributed by atoms with Crippen LogP contribution in [0.4, 0.5) is 0 Å². The number of rotatable bonds is 6. The lowest BCUT2D eigenvalue weighted by atomic mass is 9.99. The molecule has 0 saturated heterocycles. The molecule has 0 heterocycles. The van der Waals surface area contributed by atoms with Gasteiger partial charge in [0.05, 0.1) is 20.6 Å². The fraction of sp³-hybridized carbons (Fsp3) is 0.160. The highest BCUT2D eigenvalue weighted by Crippen LogP contribution is 2.42. The Morgan fingerprint density at radius 1 is 0.690 bits per heavy atom. The maximum atomic E-state index is 12.2. The zero-order valence-electron chi connectivity index (χ0n) is 16.5. The van der Waals surface area contributed by atoms with E-state index in [1.54, 1.807) is 14.2 Å². The Morgan fingerprint density at radius 2 is 1.28 bits per heavy atom. The summed E-state index contributed by atoms with van der Waals surface area (Å²) >= 11 is 0. The van der Waals surface area contributed by atoms with Gasteiger partial charge < -0.3 is 14.2 Å². The molecule has 0 amide bonds. The summed E-state index contributed by atoms with van der Waals surface area (Å²) in [4.78, 5) is 12.2. The van der Waals surface area contributed by atoms with Crippen LogP contribution >= 0.6 is 0 Å². The van der Waals surface area contributed by atoms with Crippen LogP contribution < -0.4 is 9.47 Å². The lowest BCUT2D eigenvalue weighted by molar-refractivity contribution is -0.144. The van der Waals surface area contributed by atoms with Gasteiger partial charge in [0.25, 0.3) is 0 Å². The van der Waals surface area contributed by atoms with Gasteiger partial charge in [0.2, 0.25) is 0 Å². The first-order valence-electron chi connectivity index (χ1n) is 9.46. The first kappa shape index (κ1) is 18.8. The Kier molecular flexibility index (Phi) is 5.34. The molecule has 29 heavy (non-hydrogen) atoms. The van der Waals surface area contributed by atoms with Crippen LogP contribution in [-0.4, -0.2) is 20.2 Å². The van der Waals surface area contributed by atoms with Crippen molar-refractivity contribution in [3.05, 3.63) is 83.9 Å². The van der Waals surface area contributed by atoms with Gasteiger partial charge in [-0.1, -0.05) is 66.7 Å². The normalized spacial score (nSPS) is 10.8. The second-order valence-electron chi connectivity index (χ2n) is 6.82. The molecule has 0 bridgehead atoms. The number of carbonyl (C=O) groups is 1. The Balaban J connectivity index is 1.65. The van der Waals surface area contributed by atoms with Crippen LogP contribution in [0, 0.1) is 0 Å². The fourth-order valence-corrected chi connectivity index (χ4v) is 3.65. The van der Waals surface area contributed by atoms with Gasteiger partial charge in [0, 0.05) is 21.5 Å². The summed E-state index contributed by atoms with van der Waals surface area (Å²) in [7, 11) is 3.34. The second-order valence-corrected chi connectivity index (χ2v) is 6.82. The SMILES string of the molecule is COc1c2ccccc2c(OC)c2cc(COC(=O)Cc3ccccc3)ccc12. The largest absolute Gasteiger partial charge is 0.495 e. The van der Waals surface area contributed by atoms with Crippen molar-refractivity contribution in [3.63, 3.8) is 0 Å². The van der Waals surface area contributed by atoms with Gasteiger partial charge in [0.15, 0.2) is 0 Å². The summed E-state index contributed by atoms with van der Waals surface area (Å²) in [6, 6.07) is 23.5. The minimum absolute atomic E-state index is 0.208. The van der Waals surface area contributed by atoms with Gasteiger partial charge in [-0.25, -0.2) is 0 Å². The van der Waals surface area contributed by atoms with E-state index in [4.69, 9.17) is 14.2 Å². The van der Waals surface area contributed by atoms with E-state index >= 15 is 0 Å². The molecule has 0 N–H and O–H groups in total. The molecular formula is C25H22O4. The molecule has 0 unspecified atom stereocenters. The molecule has 0 aliphatic carbocycles. The summed E-state index contributed by atoms with van der Waals surface area (Å²) in [6.07, 6.45) is 0.260. The van der Waals surface area contributed by atoms with Gasteiger partial charge in [-0.05, 0) is 17.2 Å². The first-order valence-corrected chi connectivity index (χ1v) is 9.46. The van der Waals surface area contributed by atoms with Gasteiger partial charge in [-0.3, -0.25) is 4.79 Å². The molecule has 0 radical (unpaired) electrons. The monoisotopic (exact) mass is 386 g/mol. The van der Waals surface area contributed by atoms with Crippen molar-refractivity contribution >= 4 is 27.5 Å². The highest BCUT2D eigenvalue weighted by atomic mass is 16.5. The molecular weight excluding hydrogens is 364 g/mol. The molecule has 0 aliphatic heterocycles. The van der Waals surface area contributed by atoms with E-state index in [9.17, 15) is 4.79 Å². The van der Waals surface area contributed by atoms with Crippen molar-refractivity contribution in [1.29, 1.82) is 0 Å². The van der Waals surface area contributed by atoms with Crippen LogP contribution in [0.3, 0.4) is 0 Å². The molecule has 0 fully saturated rings. The van der Waals surface area contributed by atoms with Gasteiger partial charge in [-0.2, -0.15) is 0 Å². The average molecular weight is 386 g/mol. The van der Waals surface area contributed by atoms with Gasteiger partial charge >= 0.3 is 5.97 Å². The summed E-state index contributed by atoms with van der Waals surface area (Å²) in [5.74, 6) is 1.34. The number of carbonyl (C=O) groups excluding carboxylic acids is 1. The molecule has 4 aromatic rings. The standard InChI is InChI=1S/C25H22O4/c1-27-24-19-10-6-7-11-20(19)25(28-2)22-14-18(12-13-21(22)24)16-29-23(26)15-17-8-4-3-5-9-17/h3-14H,15-16H2,1-2H3. The van der Waals surface area contributed by atoms with Crippen molar-refractivity contribution in [1.82, 2.24) is 0 Å². The number of methoxy groups -OCH3 is 2. The number of ether oxygens (including phenoxy) is 3. The van der Waals surface area contributed by atoms with Crippen molar-refractivity contribution < 1.29 is 19.0 Å². The summed E-state index contributed by atoms with van der Waals surface area (Å²) in [5, 5.41) is 3.88. The predicted octanol–water partition coefficient (Wildman–Crippen LogP) is 5.30. The van der Waals surface area contributed by atoms with Crippen LogP contribution in [0.15, 0.2) is 72.8 Å². The lowest BCUT2D eigenvalue weighted by Crippen LogP contribution is -2.08. The summed E-state index contributed by atoms with van der Waals surface area (Å²) in [6.45, 7) is 0.208. The lowest BCUT2D eigenvalue weighted by Gasteiger charge is -2.16. The molecule has 146 valence electrons.